The third-order valence-corrected chi connectivity index (χ3v) is 4.26. The summed E-state index contributed by atoms with van der Waals surface area (Å²) in [6, 6.07) is 8.24. The first-order valence-corrected chi connectivity index (χ1v) is 7.56. The monoisotopic (exact) mass is 274 g/mol. The lowest BCUT2D eigenvalue weighted by Crippen LogP contribution is -2.41. The van der Waals surface area contributed by atoms with Crippen LogP contribution in [-0.2, 0) is 17.8 Å². The Labute approximate surface area is 121 Å². The maximum Gasteiger partial charge on any atom is 0.224 e. The van der Waals surface area contributed by atoms with Crippen LogP contribution < -0.4 is 11.1 Å². The molecule has 0 bridgehead atoms. The summed E-state index contributed by atoms with van der Waals surface area (Å²) in [5.74, 6) is 0.119. The van der Waals surface area contributed by atoms with Gasteiger partial charge < -0.3 is 11.1 Å². The predicted octanol–water partition coefficient (Wildman–Crippen LogP) is 2.77. The molecule has 20 heavy (non-hydrogen) atoms. The zero-order chi connectivity index (χ0) is 14.6. The smallest absolute Gasteiger partial charge is 0.224 e. The minimum Gasteiger partial charge on any atom is -0.353 e. The highest BCUT2D eigenvalue weighted by atomic mass is 16.1. The molecule has 3 nitrogen and oxygen atoms in total. The molecule has 3 N–H and O–H groups in total. The number of amides is 1. The molecule has 1 saturated carbocycles. The van der Waals surface area contributed by atoms with Gasteiger partial charge in [0.05, 0.1) is 6.42 Å². The Kier molecular flexibility index (Phi) is 4.81. The van der Waals surface area contributed by atoms with Crippen LogP contribution in [0.25, 0.3) is 0 Å². The van der Waals surface area contributed by atoms with Gasteiger partial charge in [0.2, 0.25) is 5.91 Å². The molecule has 1 atom stereocenters. The molecule has 3 heteroatoms. The largest absolute Gasteiger partial charge is 0.353 e. The van der Waals surface area contributed by atoms with E-state index in [1.807, 2.05) is 24.3 Å². The highest BCUT2D eigenvalue weighted by molar-refractivity contribution is 5.79. The lowest BCUT2D eigenvalue weighted by molar-refractivity contribution is -0.121. The van der Waals surface area contributed by atoms with Crippen molar-refractivity contribution in [3.63, 3.8) is 0 Å². The van der Waals surface area contributed by atoms with Crippen LogP contribution in [0.1, 0.15) is 50.7 Å². The van der Waals surface area contributed by atoms with E-state index >= 15 is 0 Å². The first kappa shape index (κ1) is 15.0. The fourth-order valence-electron chi connectivity index (χ4n) is 3.20. The Bertz CT molecular complexity index is 468. The Hall–Kier alpha value is -1.35. The summed E-state index contributed by atoms with van der Waals surface area (Å²) in [5, 5.41) is 3.19. The Morgan fingerprint density at radius 1 is 1.35 bits per heavy atom. The molecule has 1 aliphatic carbocycles. The zero-order valence-corrected chi connectivity index (χ0v) is 12.6. The second-order valence-corrected chi connectivity index (χ2v) is 6.67. The van der Waals surface area contributed by atoms with Gasteiger partial charge in [0.1, 0.15) is 0 Å². The average molecular weight is 274 g/mol. The molecule has 110 valence electrons. The molecule has 0 heterocycles. The van der Waals surface area contributed by atoms with Crippen LogP contribution in [0.4, 0.5) is 0 Å². The number of hydrogen-bond donors (Lipinski definition) is 2. The van der Waals surface area contributed by atoms with E-state index in [1.165, 1.54) is 12.8 Å². The van der Waals surface area contributed by atoms with Crippen molar-refractivity contribution in [2.75, 3.05) is 0 Å². The van der Waals surface area contributed by atoms with Gasteiger partial charge in [0.15, 0.2) is 0 Å². The van der Waals surface area contributed by atoms with E-state index in [4.69, 9.17) is 5.73 Å². The van der Waals surface area contributed by atoms with Crippen LogP contribution >= 0.6 is 0 Å². The van der Waals surface area contributed by atoms with E-state index in [0.717, 1.165) is 24.0 Å². The summed E-state index contributed by atoms with van der Waals surface area (Å²) in [6.45, 7) is 5.06. The van der Waals surface area contributed by atoms with E-state index in [9.17, 15) is 4.79 Å². The van der Waals surface area contributed by atoms with Crippen molar-refractivity contribution in [1.29, 1.82) is 0 Å². The molecule has 0 aliphatic heterocycles. The molecule has 0 saturated heterocycles. The summed E-state index contributed by atoms with van der Waals surface area (Å²) in [4.78, 5) is 12.2. The number of rotatable bonds is 4. The van der Waals surface area contributed by atoms with Crippen LogP contribution in [0.2, 0.25) is 0 Å². The Morgan fingerprint density at radius 2 is 2.05 bits per heavy atom. The normalized spacial score (nSPS) is 21.4. The third kappa shape index (κ3) is 4.07. The molecule has 0 aromatic heterocycles. The topological polar surface area (TPSA) is 55.1 Å². The SMILES string of the molecule is CC1(C)CCCC(NC(=O)Cc2ccccc2CN)C1. The molecular weight excluding hydrogens is 248 g/mol. The van der Waals surface area contributed by atoms with Gasteiger partial charge in [0, 0.05) is 12.6 Å². The number of carbonyl (C=O) groups excluding carboxylic acids is 1. The molecule has 1 aromatic carbocycles. The highest BCUT2D eigenvalue weighted by Crippen LogP contribution is 2.35. The van der Waals surface area contributed by atoms with Gasteiger partial charge in [-0.05, 0) is 35.8 Å². The van der Waals surface area contributed by atoms with Crippen molar-refractivity contribution < 1.29 is 4.79 Å². The lowest BCUT2D eigenvalue weighted by Gasteiger charge is -2.35. The summed E-state index contributed by atoms with van der Waals surface area (Å²) in [6.07, 6.45) is 5.09. The van der Waals surface area contributed by atoms with E-state index < -0.39 is 0 Å². The molecule has 1 fully saturated rings. The minimum absolute atomic E-state index is 0.119. The molecular formula is C17H26N2O. The quantitative estimate of drug-likeness (QED) is 0.887. The highest BCUT2D eigenvalue weighted by Gasteiger charge is 2.28. The first-order chi connectivity index (χ1) is 9.50. The summed E-state index contributed by atoms with van der Waals surface area (Å²) in [5.41, 5.74) is 8.17. The Morgan fingerprint density at radius 3 is 2.70 bits per heavy atom. The average Bonchev–Trinajstić information content (AvgIpc) is 2.38. The van der Waals surface area contributed by atoms with Gasteiger partial charge in [-0.2, -0.15) is 0 Å². The third-order valence-electron chi connectivity index (χ3n) is 4.26. The van der Waals surface area contributed by atoms with Gasteiger partial charge in [0.25, 0.3) is 0 Å². The summed E-state index contributed by atoms with van der Waals surface area (Å²) in [7, 11) is 0. The van der Waals surface area contributed by atoms with Crippen molar-refractivity contribution in [3.05, 3.63) is 35.4 Å². The number of carbonyl (C=O) groups is 1. The van der Waals surface area contributed by atoms with Gasteiger partial charge >= 0.3 is 0 Å². The van der Waals surface area contributed by atoms with Crippen LogP contribution in [0, 0.1) is 5.41 Å². The second-order valence-electron chi connectivity index (χ2n) is 6.67. The van der Waals surface area contributed by atoms with Crippen LogP contribution in [0.5, 0.6) is 0 Å². The van der Waals surface area contributed by atoms with Gasteiger partial charge in [-0.15, -0.1) is 0 Å². The number of hydrogen-bond acceptors (Lipinski definition) is 2. The van der Waals surface area contributed by atoms with E-state index in [0.29, 0.717) is 24.4 Å². The maximum absolute atomic E-state index is 12.2. The van der Waals surface area contributed by atoms with Crippen molar-refractivity contribution in [3.8, 4) is 0 Å². The molecule has 1 aromatic rings. The minimum atomic E-state index is 0.119. The van der Waals surface area contributed by atoms with Crippen LogP contribution in [-0.4, -0.2) is 11.9 Å². The van der Waals surface area contributed by atoms with Gasteiger partial charge in [-0.25, -0.2) is 0 Å². The molecule has 1 unspecified atom stereocenters. The molecule has 0 radical (unpaired) electrons. The molecule has 1 aliphatic rings. The molecule has 2 rings (SSSR count). The standard InChI is InChI=1S/C17H26N2O/c1-17(2)9-5-8-15(11-17)19-16(20)10-13-6-3-4-7-14(13)12-18/h3-4,6-7,15H,5,8-12,18H2,1-2H3,(H,19,20). The van der Waals surface area contributed by atoms with Crippen LogP contribution in [0.15, 0.2) is 24.3 Å². The van der Waals surface area contributed by atoms with Crippen LogP contribution in [0.3, 0.4) is 0 Å². The van der Waals surface area contributed by atoms with Crippen molar-refractivity contribution in [2.24, 2.45) is 11.1 Å². The first-order valence-electron chi connectivity index (χ1n) is 7.56. The number of benzene rings is 1. The van der Waals surface area contributed by atoms with Crippen molar-refractivity contribution in [1.82, 2.24) is 5.32 Å². The predicted molar refractivity (Wildman–Crippen MR) is 82.2 cm³/mol. The number of nitrogens with two attached hydrogens (primary N) is 1. The summed E-state index contributed by atoms with van der Waals surface area (Å²) < 4.78 is 0. The van der Waals surface area contributed by atoms with Gasteiger partial charge in [-0.3, -0.25) is 4.79 Å². The summed E-state index contributed by atoms with van der Waals surface area (Å²) >= 11 is 0. The van der Waals surface area contributed by atoms with E-state index in [-0.39, 0.29) is 5.91 Å². The molecule has 0 spiro atoms. The van der Waals surface area contributed by atoms with Gasteiger partial charge in [-0.1, -0.05) is 44.5 Å². The Balaban J connectivity index is 1.92. The van der Waals surface area contributed by atoms with E-state index in [2.05, 4.69) is 19.2 Å². The van der Waals surface area contributed by atoms with Crippen molar-refractivity contribution >= 4 is 5.91 Å². The second kappa shape index (κ2) is 6.40. The molecule has 1 amide bonds. The number of nitrogens with one attached hydrogen (secondary N) is 1. The van der Waals surface area contributed by atoms with E-state index in [1.54, 1.807) is 0 Å². The maximum atomic E-state index is 12.2. The fourth-order valence-corrected chi connectivity index (χ4v) is 3.20. The van der Waals surface area contributed by atoms with Crippen molar-refractivity contribution in [2.45, 2.75) is 58.5 Å². The lowest BCUT2D eigenvalue weighted by atomic mass is 9.75. The fraction of sp³-hybridized carbons (Fsp3) is 0.588. The zero-order valence-electron chi connectivity index (χ0n) is 12.6.